The largest absolute Gasteiger partial charge is 0.393 e. The number of alkyl halides is 1. The molecule has 0 radical (unpaired) electrons. The van der Waals surface area contributed by atoms with Gasteiger partial charge >= 0.3 is 0 Å². The van der Waals surface area contributed by atoms with Gasteiger partial charge in [0.1, 0.15) is 0 Å². The van der Waals surface area contributed by atoms with Gasteiger partial charge in [-0.3, -0.25) is 0 Å². The Balaban J connectivity index is 1.59. The minimum atomic E-state index is -0.187. The van der Waals surface area contributed by atoms with Crippen LogP contribution >= 0.6 is 15.9 Å². The van der Waals surface area contributed by atoms with Gasteiger partial charge in [0.2, 0.25) is 0 Å². The highest BCUT2D eigenvalue weighted by Gasteiger charge is 2.74. The molecule has 2 N–H and O–H groups in total. The molecule has 2 bridgehead atoms. The van der Waals surface area contributed by atoms with Crippen LogP contribution in [0.5, 0.6) is 0 Å². The fourth-order valence-corrected chi connectivity index (χ4v) is 9.69. The summed E-state index contributed by atoms with van der Waals surface area (Å²) in [5.74, 6) is 2.51. The molecule has 1 saturated heterocycles. The van der Waals surface area contributed by atoms with Gasteiger partial charge in [-0.25, -0.2) is 0 Å². The van der Waals surface area contributed by atoms with E-state index in [4.69, 9.17) is 4.74 Å². The molecule has 0 amide bonds. The maximum Gasteiger partial charge on any atom is 0.0764 e. The second-order valence-electron chi connectivity index (χ2n) is 9.93. The van der Waals surface area contributed by atoms with Gasteiger partial charge < -0.3 is 14.9 Å². The van der Waals surface area contributed by atoms with Crippen molar-refractivity contribution in [2.24, 2.45) is 34.5 Å². The molecule has 0 unspecified atom stereocenters. The first-order chi connectivity index (χ1) is 11.3. The first-order valence-corrected chi connectivity index (χ1v) is 10.8. The molecule has 1 heterocycles. The molecule has 1 aliphatic heterocycles. The summed E-state index contributed by atoms with van der Waals surface area (Å²) in [7, 11) is 0. The zero-order valence-electron chi connectivity index (χ0n) is 14.9. The minimum absolute atomic E-state index is 0.0385. The number of fused-ring (bicyclic) bond motifs is 3. The van der Waals surface area contributed by atoms with Crippen LogP contribution in [-0.4, -0.2) is 39.5 Å². The predicted octanol–water partition coefficient (Wildman–Crippen LogP) is 3.50. The molecule has 0 aromatic rings. The number of aliphatic hydroxyl groups excluding tert-OH is 2. The fraction of sp³-hybridized carbons (Fsp3) is 1.00. The lowest BCUT2D eigenvalue weighted by Gasteiger charge is -2.64. The summed E-state index contributed by atoms with van der Waals surface area (Å²) >= 11 is 4.16. The van der Waals surface area contributed by atoms with E-state index in [0.29, 0.717) is 23.7 Å². The van der Waals surface area contributed by atoms with E-state index in [-0.39, 0.29) is 33.5 Å². The van der Waals surface area contributed by atoms with Crippen LogP contribution in [0, 0.1) is 34.5 Å². The Morgan fingerprint density at radius 3 is 2.62 bits per heavy atom. The average molecular weight is 399 g/mol. The fourth-order valence-electron chi connectivity index (χ4n) is 8.16. The van der Waals surface area contributed by atoms with Crippen molar-refractivity contribution in [1.29, 1.82) is 0 Å². The van der Waals surface area contributed by atoms with Gasteiger partial charge in [-0.1, -0.05) is 29.8 Å². The van der Waals surface area contributed by atoms with Gasteiger partial charge in [0.05, 0.1) is 29.2 Å². The van der Waals surface area contributed by atoms with Crippen LogP contribution in [0.1, 0.15) is 58.8 Å². The monoisotopic (exact) mass is 398 g/mol. The van der Waals surface area contributed by atoms with Crippen molar-refractivity contribution < 1.29 is 14.9 Å². The summed E-state index contributed by atoms with van der Waals surface area (Å²) in [5, 5.41) is 21.0. The maximum atomic E-state index is 10.7. The van der Waals surface area contributed by atoms with E-state index in [0.717, 1.165) is 38.7 Å². The van der Waals surface area contributed by atoms with Crippen molar-refractivity contribution in [2.75, 3.05) is 6.61 Å². The summed E-state index contributed by atoms with van der Waals surface area (Å²) in [6.45, 7) is 5.60. The summed E-state index contributed by atoms with van der Waals surface area (Å²) < 4.78 is 6.42. The Kier molecular flexibility index (Phi) is 3.44. The summed E-state index contributed by atoms with van der Waals surface area (Å²) in [6.07, 6.45) is 7.31. The Labute approximate surface area is 153 Å². The third kappa shape index (κ3) is 1.70. The average Bonchev–Trinajstić information content (AvgIpc) is 2.95. The molecule has 4 aliphatic carbocycles. The lowest BCUT2D eigenvalue weighted by Crippen LogP contribution is -2.66. The van der Waals surface area contributed by atoms with Crippen molar-refractivity contribution in [2.45, 2.75) is 81.4 Å². The molecule has 0 aromatic heterocycles. The van der Waals surface area contributed by atoms with Crippen LogP contribution in [0.2, 0.25) is 0 Å². The smallest absolute Gasteiger partial charge is 0.0764 e. The molecule has 136 valence electrons. The SMILES string of the molecule is C[C@H]1[C@H]2[C@@H]3CC[C@H](O)[C@@]3(C)CC[C@@H]2[C@@]23CC[C@H](O)C[C@]2(Br)[C@@H]1OC3. The van der Waals surface area contributed by atoms with Crippen LogP contribution in [0.15, 0.2) is 0 Å². The molecule has 5 fully saturated rings. The minimum Gasteiger partial charge on any atom is -0.393 e. The lowest BCUT2D eigenvalue weighted by atomic mass is 9.43. The van der Waals surface area contributed by atoms with E-state index in [1.165, 1.54) is 12.8 Å². The van der Waals surface area contributed by atoms with Crippen LogP contribution in [0.4, 0.5) is 0 Å². The highest BCUT2D eigenvalue weighted by molar-refractivity contribution is 9.10. The van der Waals surface area contributed by atoms with Crippen LogP contribution in [0.25, 0.3) is 0 Å². The molecule has 0 aromatic carbocycles. The summed E-state index contributed by atoms with van der Waals surface area (Å²) in [6, 6.07) is 0. The molecule has 4 saturated carbocycles. The van der Waals surface area contributed by atoms with Gasteiger partial charge in [-0.2, -0.15) is 0 Å². The van der Waals surface area contributed by atoms with Crippen molar-refractivity contribution >= 4 is 15.9 Å². The summed E-state index contributed by atoms with van der Waals surface area (Å²) in [4.78, 5) is 0. The number of halogens is 1. The van der Waals surface area contributed by atoms with Gasteiger partial charge in [-0.05, 0) is 74.0 Å². The Morgan fingerprint density at radius 1 is 1.04 bits per heavy atom. The number of aliphatic hydroxyl groups is 2. The zero-order valence-corrected chi connectivity index (χ0v) is 16.5. The molecular weight excluding hydrogens is 368 g/mol. The first-order valence-electron chi connectivity index (χ1n) is 10.0. The van der Waals surface area contributed by atoms with E-state index in [2.05, 4.69) is 29.8 Å². The van der Waals surface area contributed by atoms with E-state index >= 15 is 0 Å². The van der Waals surface area contributed by atoms with Gasteiger partial charge in [0, 0.05) is 5.41 Å². The van der Waals surface area contributed by atoms with Crippen LogP contribution in [0.3, 0.4) is 0 Å². The zero-order chi connectivity index (χ0) is 16.9. The van der Waals surface area contributed by atoms with Crippen molar-refractivity contribution in [3.8, 4) is 0 Å². The van der Waals surface area contributed by atoms with E-state index in [1.54, 1.807) is 0 Å². The maximum absolute atomic E-state index is 10.7. The molecule has 10 atom stereocenters. The normalized spacial score (nSPS) is 65.1. The summed E-state index contributed by atoms with van der Waals surface area (Å²) in [5.41, 5.74) is 0.314. The number of rotatable bonds is 0. The van der Waals surface area contributed by atoms with Gasteiger partial charge in [-0.15, -0.1) is 0 Å². The first kappa shape index (κ1) is 16.5. The molecule has 5 aliphatic rings. The Bertz CT molecular complexity index is 555. The van der Waals surface area contributed by atoms with Crippen LogP contribution < -0.4 is 0 Å². The van der Waals surface area contributed by atoms with Crippen molar-refractivity contribution in [3.05, 3.63) is 0 Å². The van der Waals surface area contributed by atoms with Gasteiger partial charge in [0.25, 0.3) is 0 Å². The predicted molar refractivity (Wildman–Crippen MR) is 95.9 cm³/mol. The van der Waals surface area contributed by atoms with E-state index in [1.807, 2.05) is 0 Å². The second kappa shape index (κ2) is 4.99. The number of hydrogen-bond acceptors (Lipinski definition) is 3. The van der Waals surface area contributed by atoms with Crippen molar-refractivity contribution in [3.63, 3.8) is 0 Å². The molecule has 4 heteroatoms. The standard InChI is InChI=1S/C20H31BrO3/c1-11-16-13-3-4-15(23)18(13,2)7-6-14(16)19-8-5-12(22)9-20(19,21)17(11)24-10-19/h11-17,22-23H,3-10H2,1-2H3/t11-,12-,13-,14-,15-,16-,17+,18-,19-,20-/m0/s1. The molecule has 0 spiro atoms. The van der Waals surface area contributed by atoms with E-state index in [9.17, 15) is 10.2 Å². The van der Waals surface area contributed by atoms with Crippen molar-refractivity contribution in [1.82, 2.24) is 0 Å². The number of hydrogen-bond donors (Lipinski definition) is 2. The van der Waals surface area contributed by atoms with E-state index < -0.39 is 0 Å². The lowest BCUT2D eigenvalue weighted by molar-refractivity contribution is -0.135. The Morgan fingerprint density at radius 2 is 1.83 bits per heavy atom. The highest BCUT2D eigenvalue weighted by atomic mass is 79.9. The molecule has 5 rings (SSSR count). The number of ether oxygens (including phenoxy) is 1. The third-order valence-electron chi connectivity index (χ3n) is 9.33. The van der Waals surface area contributed by atoms with Crippen LogP contribution in [-0.2, 0) is 4.74 Å². The molecular formula is C20H31BrO3. The third-order valence-corrected chi connectivity index (χ3v) is 10.9. The quantitative estimate of drug-likeness (QED) is 0.613. The molecule has 24 heavy (non-hydrogen) atoms. The molecule has 3 nitrogen and oxygen atoms in total. The topological polar surface area (TPSA) is 49.7 Å². The Hall–Kier alpha value is 0.360. The highest BCUT2D eigenvalue weighted by Crippen LogP contribution is 2.73. The van der Waals surface area contributed by atoms with Gasteiger partial charge in [0.15, 0.2) is 0 Å². The second-order valence-corrected chi connectivity index (χ2v) is 11.3.